The lowest BCUT2D eigenvalue weighted by atomic mass is 10.2. The zero-order chi connectivity index (χ0) is 12.3. The number of hydrogen-bond acceptors (Lipinski definition) is 3. The maximum atomic E-state index is 13.7. The van der Waals surface area contributed by atoms with Crippen molar-refractivity contribution in [3.05, 3.63) is 47.8 Å². The largest absolute Gasteiger partial charge is 0.497 e. The van der Waals surface area contributed by atoms with E-state index in [0.29, 0.717) is 24.4 Å². The highest BCUT2D eigenvalue weighted by Gasteiger charge is 2.07. The first kappa shape index (κ1) is 11.6. The quantitative estimate of drug-likeness (QED) is 0.874. The van der Waals surface area contributed by atoms with Crippen LogP contribution in [-0.4, -0.2) is 16.7 Å². The molecule has 0 radical (unpaired) electrons. The lowest BCUT2D eigenvalue weighted by Gasteiger charge is -2.08. The standard InChI is InChI=1S/C12H14FN3O/c1-17-10-3-2-9(11(13)6-10)8-16-5-4-15-12(16)7-14/h2-6H,7-8,14H2,1H3. The van der Waals surface area contributed by atoms with Crippen LogP contribution in [0.3, 0.4) is 0 Å². The molecule has 0 atom stereocenters. The van der Waals surface area contributed by atoms with Crippen LogP contribution in [0.25, 0.3) is 0 Å². The van der Waals surface area contributed by atoms with Gasteiger partial charge >= 0.3 is 0 Å². The highest BCUT2D eigenvalue weighted by atomic mass is 19.1. The Labute approximate surface area is 98.8 Å². The number of methoxy groups -OCH3 is 1. The van der Waals surface area contributed by atoms with Crippen LogP contribution in [0.4, 0.5) is 4.39 Å². The highest BCUT2D eigenvalue weighted by molar-refractivity contribution is 5.29. The van der Waals surface area contributed by atoms with E-state index in [2.05, 4.69) is 4.98 Å². The average molecular weight is 235 g/mol. The summed E-state index contributed by atoms with van der Waals surface area (Å²) in [5, 5.41) is 0. The van der Waals surface area contributed by atoms with E-state index in [1.807, 2.05) is 4.57 Å². The molecular formula is C12H14FN3O. The van der Waals surface area contributed by atoms with E-state index < -0.39 is 0 Å². The lowest BCUT2D eigenvalue weighted by molar-refractivity contribution is 0.410. The molecule has 1 aromatic heterocycles. The van der Waals surface area contributed by atoms with E-state index in [0.717, 1.165) is 5.82 Å². The summed E-state index contributed by atoms with van der Waals surface area (Å²) in [6.45, 7) is 0.757. The van der Waals surface area contributed by atoms with E-state index in [4.69, 9.17) is 10.5 Å². The van der Waals surface area contributed by atoms with Crippen LogP contribution in [-0.2, 0) is 13.1 Å². The summed E-state index contributed by atoms with van der Waals surface area (Å²) < 4.78 is 20.5. The lowest BCUT2D eigenvalue weighted by Crippen LogP contribution is -2.09. The summed E-state index contributed by atoms with van der Waals surface area (Å²) in [6.07, 6.45) is 3.44. The smallest absolute Gasteiger partial charge is 0.131 e. The van der Waals surface area contributed by atoms with Crippen LogP contribution in [0.1, 0.15) is 11.4 Å². The third kappa shape index (κ3) is 2.45. The van der Waals surface area contributed by atoms with E-state index in [1.54, 1.807) is 24.5 Å². The highest BCUT2D eigenvalue weighted by Crippen LogP contribution is 2.17. The third-order valence-corrected chi connectivity index (χ3v) is 2.59. The molecule has 17 heavy (non-hydrogen) atoms. The molecule has 4 nitrogen and oxygen atoms in total. The summed E-state index contributed by atoms with van der Waals surface area (Å²) in [4.78, 5) is 4.09. The zero-order valence-electron chi connectivity index (χ0n) is 9.56. The topological polar surface area (TPSA) is 53.1 Å². The number of ether oxygens (including phenoxy) is 1. The van der Waals surface area contributed by atoms with Gasteiger partial charge in [0.2, 0.25) is 0 Å². The number of nitrogens with two attached hydrogens (primary N) is 1. The molecule has 2 rings (SSSR count). The Morgan fingerprint density at radius 3 is 2.94 bits per heavy atom. The van der Waals surface area contributed by atoms with E-state index >= 15 is 0 Å². The minimum Gasteiger partial charge on any atom is -0.497 e. The van der Waals surface area contributed by atoms with Crippen molar-refractivity contribution in [2.75, 3.05) is 7.11 Å². The molecule has 1 heterocycles. The Morgan fingerprint density at radius 1 is 1.47 bits per heavy atom. The van der Waals surface area contributed by atoms with Crippen molar-refractivity contribution in [1.29, 1.82) is 0 Å². The SMILES string of the molecule is COc1ccc(Cn2ccnc2CN)c(F)c1. The molecule has 90 valence electrons. The van der Waals surface area contributed by atoms with Crippen molar-refractivity contribution >= 4 is 0 Å². The fraction of sp³-hybridized carbons (Fsp3) is 0.250. The van der Waals surface area contributed by atoms with E-state index in [-0.39, 0.29) is 5.82 Å². The average Bonchev–Trinajstić information content (AvgIpc) is 2.79. The molecule has 5 heteroatoms. The minimum atomic E-state index is -0.291. The summed E-state index contributed by atoms with van der Waals surface area (Å²) in [6, 6.07) is 4.81. The molecule has 0 saturated heterocycles. The van der Waals surface area contributed by atoms with Crippen molar-refractivity contribution in [1.82, 2.24) is 9.55 Å². The summed E-state index contributed by atoms with van der Waals surface area (Å²) >= 11 is 0. The Bertz CT molecular complexity index is 510. The Balaban J connectivity index is 2.24. The van der Waals surface area contributed by atoms with Gasteiger partial charge in [-0.2, -0.15) is 0 Å². The first-order valence-corrected chi connectivity index (χ1v) is 5.27. The Hall–Kier alpha value is -1.88. The van der Waals surface area contributed by atoms with E-state index in [1.165, 1.54) is 13.2 Å². The van der Waals surface area contributed by atoms with Crippen LogP contribution in [0.2, 0.25) is 0 Å². The first-order chi connectivity index (χ1) is 8.24. The van der Waals surface area contributed by atoms with Gasteiger partial charge in [-0.3, -0.25) is 0 Å². The predicted octanol–water partition coefficient (Wildman–Crippen LogP) is 1.54. The number of benzene rings is 1. The van der Waals surface area contributed by atoms with Gasteiger partial charge in [0, 0.05) is 24.0 Å². The molecule has 0 aliphatic heterocycles. The number of rotatable bonds is 4. The molecule has 0 spiro atoms. The molecule has 2 aromatic rings. The molecular weight excluding hydrogens is 221 g/mol. The van der Waals surface area contributed by atoms with Gasteiger partial charge in [-0.25, -0.2) is 9.37 Å². The molecule has 0 bridgehead atoms. The number of nitrogens with zero attached hydrogens (tertiary/aromatic N) is 2. The van der Waals surface area contributed by atoms with Crippen LogP contribution in [0, 0.1) is 5.82 Å². The Kier molecular flexibility index (Phi) is 3.39. The van der Waals surface area contributed by atoms with Gasteiger partial charge in [0.1, 0.15) is 17.4 Å². The minimum absolute atomic E-state index is 0.291. The van der Waals surface area contributed by atoms with Gasteiger partial charge < -0.3 is 15.0 Å². The van der Waals surface area contributed by atoms with Gasteiger partial charge in [0.25, 0.3) is 0 Å². The van der Waals surface area contributed by atoms with Gasteiger partial charge in [-0.1, -0.05) is 6.07 Å². The van der Waals surface area contributed by atoms with Crippen molar-refractivity contribution in [2.24, 2.45) is 5.73 Å². The molecule has 2 N–H and O–H groups in total. The molecule has 0 unspecified atom stereocenters. The van der Waals surface area contributed by atoms with Crippen LogP contribution in [0.15, 0.2) is 30.6 Å². The zero-order valence-corrected chi connectivity index (χ0v) is 9.56. The monoisotopic (exact) mass is 235 g/mol. The number of imidazole rings is 1. The molecule has 0 aliphatic rings. The van der Waals surface area contributed by atoms with Crippen LogP contribution < -0.4 is 10.5 Å². The van der Waals surface area contributed by atoms with Gasteiger partial charge in [-0.15, -0.1) is 0 Å². The maximum Gasteiger partial charge on any atom is 0.131 e. The molecule has 1 aromatic carbocycles. The third-order valence-electron chi connectivity index (χ3n) is 2.59. The number of aromatic nitrogens is 2. The van der Waals surface area contributed by atoms with Crippen molar-refractivity contribution < 1.29 is 9.13 Å². The van der Waals surface area contributed by atoms with Crippen molar-refractivity contribution in [3.63, 3.8) is 0 Å². The molecule has 0 fully saturated rings. The molecule has 0 aliphatic carbocycles. The summed E-state index contributed by atoms with van der Waals surface area (Å²) in [7, 11) is 1.51. The first-order valence-electron chi connectivity index (χ1n) is 5.27. The number of halogens is 1. The predicted molar refractivity (Wildman–Crippen MR) is 62.2 cm³/mol. The van der Waals surface area contributed by atoms with Gasteiger partial charge in [0.05, 0.1) is 20.2 Å². The number of hydrogen-bond donors (Lipinski definition) is 1. The molecule has 0 saturated carbocycles. The van der Waals surface area contributed by atoms with Crippen LogP contribution in [0.5, 0.6) is 5.75 Å². The normalized spacial score (nSPS) is 10.5. The second-order valence-electron chi connectivity index (χ2n) is 3.63. The second-order valence-corrected chi connectivity index (χ2v) is 3.63. The van der Waals surface area contributed by atoms with Gasteiger partial charge in [0.15, 0.2) is 0 Å². The summed E-state index contributed by atoms with van der Waals surface area (Å²) in [5.74, 6) is 0.956. The van der Waals surface area contributed by atoms with Crippen molar-refractivity contribution in [3.8, 4) is 5.75 Å². The van der Waals surface area contributed by atoms with Crippen LogP contribution >= 0.6 is 0 Å². The fourth-order valence-electron chi connectivity index (χ4n) is 1.64. The fourth-order valence-corrected chi connectivity index (χ4v) is 1.64. The maximum absolute atomic E-state index is 13.7. The van der Waals surface area contributed by atoms with E-state index in [9.17, 15) is 4.39 Å². The second kappa shape index (κ2) is 4.97. The Morgan fingerprint density at radius 2 is 2.29 bits per heavy atom. The van der Waals surface area contributed by atoms with Crippen molar-refractivity contribution in [2.45, 2.75) is 13.1 Å². The van der Waals surface area contributed by atoms with Gasteiger partial charge in [-0.05, 0) is 6.07 Å². The summed E-state index contributed by atoms with van der Waals surface area (Å²) in [5.41, 5.74) is 6.12. The molecule has 0 amide bonds.